The summed E-state index contributed by atoms with van der Waals surface area (Å²) >= 11 is 0. The van der Waals surface area contributed by atoms with Crippen LogP contribution in [0.15, 0.2) is 65.6 Å². The Morgan fingerprint density at radius 3 is 2.32 bits per heavy atom. The summed E-state index contributed by atoms with van der Waals surface area (Å²) in [4.78, 5) is 11.6. The summed E-state index contributed by atoms with van der Waals surface area (Å²) in [6.07, 6.45) is 0. The van der Waals surface area contributed by atoms with E-state index in [2.05, 4.69) is 5.32 Å². The average Bonchev–Trinajstić information content (AvgIpc) is 2.54. The first-order valence-electron chi connectivity index (χ1n) is 6.94. The summed E-state index contributed by atoms with van der Waals surface area (Å²) in [7, 11) is -4.69. The van der Waals surface area contributed by atoms with Gasteiger partial charge in [0.25, 0.3) is 5.91 Å². The summed E-state index contributed by atoms with van der Waals surface area (Å²) in [5.41, 5.74) is 0.882. The average molecular weight is 365 g/mol. The van der Waals surface area contributed by atoms with Gasteiger partial charge in [0.05, 0.1) is 4.90 Å². The van der Waals surface area contributed by atoms with Crippen molar-refractivity contribution in [3.8, 4) is 5.75 Å². The normalized spacial score (nSPS) is 10.9. The Morgan fingerprint density at radius 2 is 1.68 bits per heavy atom. The van der Waals surface area contributed by atoms with Crippen LogP contribution in [0.25, 0.3) is 10.8 Å². The SMILES string of the molecule is O=C(Nc1ccc2c(O)cc(S(=O)(=O)[O-])cc2c1)c1ccccc1.[Na+]. The van der Waals surface area contributed by atoms with Gasteiger partial charge in [-0.25, -0.2) is 8.42 Å². The Kier molecular flexibility index (Phi) is 5.87. The molecular formula is C17H12NNaO5S. The second-order valence-corrected chi connectivity index (χ2v) is 6.53. The molecule has 0 radical (unpaired) electrons. The molecule has 0 atom stereocenters. The molecule has 3 rings (SSSR count). The molecule has 0 bridgehead atoms. The van der Waals surface area contributed by atoms with Crippen LogP contribution in [0.1, 0.15) is 10.4 Å². The van der Waals surface area contributed by atoms with Crippen LogP contribution in [0, 0.1) is 0 Å². The van der Waals surface area contributed by atoms with Gasteiger partial charge in [-0.05, 0) is 47.9 Å². The fraction of sp³-hybridized carbons (Fsp3) is 0. The molecule has 122 valence electrons. The predicted molar refractivity (Wildman–Crippen MR) is 88.0 cm³/mol. The number of carbonyl (C=O) groups excluding carboxylic acids is 1. The number of fused-ring (bicyclic) bond motifs is 1. The Hall–Kier alpha value is -1.90. The smallest absolute Gasteiger partial charge is 0.744 e. The van der Waals surface area contributed by atoms with Gasteiger partial charge in [-0.1, -0.05) is 18.2 Å². The molecule has 0 aromatic heterocycles. The number of hydrogen-bond acceptors (Lipinski definition) is 5. The first-order chi connectivity index (χ1) is 11.3. The fourth-order valence-corrected chi connectivity index (χ4v) is 2.86. The topological polar surface area (TPSA) is 107 Å². The number of anilines is 1. The first kappa shape index (κ1) is 19.4. The van der Waals surface area contributed by atoms with Gasteiger partial charge >= 0.3 is 29.6 Å². The van der Waals surface area contributed by atoms with E-state index in [9.17, 15) is 22.9 Å². The summed E-state index contributed by atoms with van der Waals surface area (Å²) in [5, 5.41) is 13.3. The van der Waals surface area contributed by atoms with Crippen molar-refractivity contribution < 1.29 is 52.4 Å². The molecule has 0 spiro atoms. The van der Waals surface area contributed by atoms with E-state index in [1.54, 1.807) is 36.4 Å². The van der Waals surface area contributed by atoms with Crippen molar-refractivity contribution in [1.29, 1.82) is 0 Å². The molecule has 3 aromatic carbocycles. The summed E-state index contributed by atoms with van der Waals surface area (Å²) in [5.74, 6) is -0.644. The van der Waals surface area contributed by atoms with E-state index in [-0.39, 0.29) is 41.2 Å². The van der Waals surface area contributed by atoms with E-state index in [1.165, 1.54) is 12.1 Å². The number of phenolic OH excluding ortho intramolecular Hbond substituents is 1. The second kappa shape index (κ2) is 7.55. The van der Waals surface area contributed by atoms with Crippen LogP contribution in [0.3, 0.4) is 0 Å². The number of rotatable bonds is 3. The first-order valence-corrected chi connectivity index (χ1v) is 8.34. The summed E-state index contributed by atoms with van der Waals surface area (Å²) < 4.78 is 33.4. The van der Waals surface area contributed by atoms with Crippen molar-refractivity contribution in [2.45, 2.75) is 4.90 Å². The third-order valence-corrected chi connectivity index (χ3v) is 4.30. The maximum absolute atomic E-state index is 12.1. The monoisotopic (exact) mass is 365 g/mol. The zero-order chi connectivity index (χ0) is 17.3. The minimum absolute atomic E-state index is 0. The van der Waals surface area contributed by atoms with Crippen molar-refractivity contribution in [2.24, 2.45) is 0 Å². The van der Waals surface area contributed by atoms with Gasteiger partial charge in [-0.2, -0.15) is 0 Å². The summed E-state index contributed by atoms with van der Waals surface area (Å²) in [6, 6.07) is 15.3. The van der Waals surface area contributed by atoms with Gasteiger partial charge in [-0.15, -0.1) is 0 Å². The maximum atomic E-state index is 12.1. The third-order valence-electron chi connectivity index (χ3n) is 3.49. The van der Waals surface area contributed by atoms with Crippen molar-refractivity contribution >= 4 is 32.5 Å². The van der Waals surface area contributed by atoms with Crippen LogP contribution >= 0.6 is 0 Å². The minimum atomic E-state index is -4.69. The number of carbonyl (C=O) groups is 1. The Bertz CT molecular complexity index is 1040. The van der Waals surface area contributed by atoms with Gasteiger partial charge in [0, 0.05) is 16.6 Å². The Morgan fingerprint density at radius 1 is 1.00 bits per heavy atom. The number of hydrogen-bond donors (Lipinski definition) is 2. The van der Waals surface area contributed by atoms with Crippen LogP contribution in [-0.2, 0) is 10.1 Å². The van der Waals surface area contributed by atoms with Gasteiger partial charge in [0.2, 0.25) is 0 Å². The number of nitrogens with one attached hydrogen (secondary N) is 1. The van der Waals surface area contributed by atoms with Crippen LogP contribution < -0.4 is 34.9 Å². The minimum Gasteiger partial charge on any atom is -0.744 e. The van der Waals surface area contributed by atoms with Crippen LogP contribution in [0.5, 0.6) is 5.75 Å². The predicted octanol–water partition coefficient (Wildman–Crippen LogP) is -0.294. The fourth-order valence-electron chi connectivity index (χ4n) is 2.34. The zero-order valence-electron chi connectivity index (χ0n) is 13.3. The molecule has 0 heterocycles. The summed E-state index contributed by atoms with van der Waals surface area (Å²) in [6.45, 7) is 0. The van der Waals surface area contributed by atoms with E-state index < -0.39 is 15.0 Å². The second-order valence-electron chi connectivity index (χ2n) is 5.15. The maximum Gasteiger partial charge on any atom is 1.00 e. The number of benzene rings is 3. The van der Waals surface area contributed by atoms with Gasteiger partial charge < -0.3 is 15.0 Å². The molecule has 0 aliphatic carbocycles. The van der Waals surface area contributed by atoms with E-state index in [0.717, 1.165) is 12.1 Å². The molecule has 25 heavy (non-hydrogen) atoms. The van der Waals surface area contributed by atoms with Crippen LogP contribution in [0.2, 0.25) is 0 Å². The molecule has 8 heteroatoms. The van der Waals surface area contributed by atoms with E-state index in [1.807, 2.05) is 0 Å². The molecule has 0 saturated carbocycles. The molecule has 0 fully saturated rings. The van der Waals surface area contributed by atoms with E-state index in [0.29, 0.717) is 22.0 Å². The van der Waals surface area contributed by atoms with Crippen LogP contribution in [0.4, 0.5) is 5.69 Å². The van der Waals surface area contributed by atoms with Gasteiger partial charge in [-0.3, -0.25) is 4.79 Å². The molecule has 0 unspecified atom stereocenters. The van der Waals surface area contributed by atoms with Crippen molar-refractivity contribution in [2.75, 3.05) is 5.32 Å². The van der Waals surface area contributed by atoms with Crippen molar-refractivity contribution in [3.63, 3.8) is 0 Å². The molecule has 2 N–H and O–H groups in total. The van der Waals surface area contributed by atoms with Crippen LogP contribution in [-0.4, -0.2) is 24.0 Å². The molecule has 0 saturated heterocycles. The van der Waals surface area contributed by atoms with Gasteiger partial charge in [0.1, 0.15) is 15.9 Å². The van der Waals surface area contributed by atoms with Crippen molar-refractivity contribution in [3.05, 3.63) is 66.2 Å². The standard InChI is InChI=1S/C17H13NO5S.Na/c19-16-10-14(24(21,22)23)9-12-8-13(6-7-15(12)16)18-17(20)11-4-2-1-3-5-11;/h1-10,19H,(H,18,20)(H,21,22,23);/q;+1/p-1. The zero-order valence-corrected chi connectivity index (χ0v) is 16.1. The van der Waals surface area contributed by atoms with E-state index >= 15 is 0 Å². The molecule has 0 aliphatic rings. The molecule has 0 aliphatic heterocycles. The van der Waals surface area contributed by atoms with Gasteiger partial charge in [0.15, 0.2) is 0 Å². The number of amides is 1. The third kappa shape index (κ3) is 4.39. The van der Waals surface area contributed by atoms with E-state index in [4.69, 9.17) is 0 Å². The Balaban J connectivity index is 0.00000225. The Labute approximate surface area is 166 Å². The molecule has 1 amide bonds. The van der Waals surface area contributed by atoms with Crippen molar-refractivity contribution in [1.82, 2.24) is 0 Å². The molecule has 3 aromatic rings. The molecular weight excluding hydrogens is 353 g/mol. The molecule has 6 nitrogen and oxygen atoms in total. The quantitative estimate of drug-likeness (QED) is 0.490. The largest absolute Gasteiger partial charge is 1.00 e. The number of aromatic hydroxyl groups is 1. The number of phenols is 1.